The van der Waals surface area contributed by atoms with E-state index in [1.807, 2.05) is 0 Å². The quantitative estimate of drug-likeness (QED) is 0.692. The first-order chi connectivity index (χ1) is 9.06. The Balaban J connectivity index is 2.27. The third-order valence-corrected chi connectivity index (χ3v) is 11.1. The fourth-order valence-electron chi connectivity index (χ4n) is 3.85. The molecule has 1 atom stereocenters. The predicted molar refractivity (Wildman–Crippen MR) is 86.1 cm³/mol. The van der Waals surface area contributed by atoms with Crippen molar-refractivity contribution in [2.75, 3.05) is 0 Å². The summed E-state index contributed by atoms with van der Waals surface area (Å²) in [5.74, 6) is 0. The van der Waals surface area contributed by atoms with Crippen molar-refractivity contribution in [2.45, 2.75) is 38.3 Å². The summed E-state index contributed by atoms with van der Waals surface area (Å²) in [5.41, 5.74) is 1.59. The number of rotatable bonds is 1. The normalized spacial score (nSPS) is 22.3. The van der Waals surface area contributed by atoms with Crippen LogP contribution in [0.3, 0.4) is 0 Å². The molecule has 0 saturated heterocycles. The van der Waals surface area contributed by atoms with Crippen molar-refractivity contribution in [1.29, 1.82) is 0 Å². The monoisotopic (exact) mass is 266 g/mol. The Hall–Kier alpha value is -1.34. The van der Waals surface area contributed by atoms with Crippen molar-refractivity contribution in [3.05, 3.63) is 60.2 Å². The number of benzene rings is 2. The smallest absolute Gasteiger partial charge is 0.0626 e. The summed E-state index contributed by atoms with van der Waals surface area (Å²) >= 11 is 0. The van der Waals surface area contributed by atoms with E-state index in [9.17, 15) is 0 Å². The highest BCUT2D eigenvalue weighted by Gasteiger charge is 2.50. The van der Waals surface area contributed by atoms with Crippen molar-refractivity contribution >= 4 is 18.4 Å². The molecule has 0 fully saturated rings. The van der Waals surface area contributed by atoms with Crippen LogP contribution in [0.25, 0.3) is 0 Å². The molecule has 0 amide bonds. The highest BCUT2D eigenvalue weighted by atomic mass is 28.3. The van der Waals surface area contributed by atoms with Crippen molar-refractivity contribution in [3.63, 3.8) is 0 Å². The van der Waals surface area contributed by atoms with Crippen LogP contribution >= 0.6 is 0 Å². The first kappa shape index (κ1) is 12.7. The van der Waals surface area contributed by atoms with Gasteiger partial charge in [-0.3, -0.25) is 0 Å². The lowest BCUT2D eigenvalue weighted by molar-refractivity contribution is 0.728. The zero-order chi connectivity index (χ0) is 13.5. The van der Waals surface area contributed by atoms with Crippen LogP contribution in [0.1, 0.15) is 26.3 Å². The van der Waals surface area contributed by atoms with Gasteiger partial charge in [0.15, 0.2) is 0 Å². The van der Waals surface area contributed by atoms with Crippen LogP contribution in [0.5, 0.6) is 0 Å². The van der Waals surface area contributed by atoms with E-state index < -0.39 is 8.07 Å². The first-order valence-corrected chi connectivity index (χ1v) is 9.40. The summed E-state index contributed by atoms with van der Waals surface area (Å²) in [6.07, 6.45) is 1.26. The molecule has 0 N–H and O–H groups in total. The fraction of sp³-hybridized carbons (Fsp3) is 0.333. The van der Waals surface area contributed by atoms with Crippen LogP contribution in [-0.4, -0.2) is 8.07 Å². The Morgan fingerprint density at radius 2 is 1.47 bits per heavy atom. The number of hydrogen-bond donors (Lipinski definition) is 0. The molecule has 0 nitrogen and oxygen atoms in total. The van der Waals surface area contributed by atoms with E-state index >= 15 is 0 Å². The third kappa shape index (κ3) is 1.79. The van der Waals surface area contributed by atoms with Crippen molar-refractivity contribution in [2.24, 2.45) is 0 Å². The SMILES string of the molecule is CC(C)(C)[Si]1(c2ccccc2)CCc2ccccc21. The largest absolute Gasteiger partial charge is 0.124 e. The maximum absolute atomic E-state index is 2.44. The van der Waals surface area contributed by atoms with E-state index in [2.05, 4.69) is 75.4 Å². The van der Waals surface area contributed by atoms with Crippen molar-refractivity contribution < 1.29 is 0 Å². The molecular formula is C18H22Si. The highest BCUT2D eigenvalue weighted by molar-refractivity contribution is 7.05. The molecule has 0 radical (unpaired) electrons. The number of aryl methyl sites for hydroxylation is 1. The maximum atomic E-state index is 2.44. The summed E-state index contributed by atoms with van der Waals surface area (Å²) in [6, 6.07) is 21.8. The molecule has 1 aliphatic heterocycles. The van der Waals surface area contributed by atoms with Crippen LogP contribution in [0.4, 0.5) is 0 Å². The lowest BCUT2D eigenvalue weighted by atomic mass is 10.2. The van der Waals surface area contributed by atoms with E-state index in [1.165, 1.54) is 12.5 Å². The van der Waals surface area contributed by atoms with E-state index in [0.717, 1.165) is 0 Å². The van der Waals surface area contributed by atoms with Crippen LogP contribution in [-0.2, 0) is 6.42 Å². The van der Waals surface area contributed by atoms with Gasteiger partial charge in [0.1, 0.15) is 8.07 Å². The Morgan fingerprint density at radius 1 is 0.842 bits per heavy atom. The van der Waals surface area contributed by atoms with Gasteiger partial charge in [-0.1, -0.05) is 85.7 Å². The molecule has 19 heavy (non-hydrogen) atoms. The molecule has 3 rings (SSSR count). The number of hydrogen-bond acceptors (Lipinski definition) is 0. The molecule has 1 unspecified atom stereocenters. The van der Waals surface area contributed by atoms with E-state index in [0.29, 0.717) is 5.04 Å². The van der Waals surface area contributed by atoms with Gasteiger partial charge in [0.05, 0.1) is 0 Å². The van der Waals surface area contributed by atoms with Crippen LogP contribution in [0, 0.1) is 0 Å². The minimum Gasteiger partial charge on any atom is -0.0626 e. The molecule has 0 aliphatic carbocycles. The standard InChI is InChI=1S/C18H22Si/c1-18(2,3)19(16-10-5-4-6-11-16)14-13-15-9-7-8-12-17(15)19/h4-12H,13-14H2,1-3H3. The molecule has 2 aromatic rings. The molecule has 98 valence electrons. The van der Waals surface area contributed by atoms with Crippen molar-refractivity contribution in [3.8, 4) is 0 Å². The average Bonchev–Trinajstić information content (AvgIpc) is 2.80. The van der Waals surface area contributed by atoms with Gasteiger partial charge in [-0.2, -0.15) is 0 Å². The van der Waals surface area contributed by atoms with Gasteiger partial charge in [-0.25, -0.2) is 0 Å². The second kappa shape index (κ2) is 4.34. The average molecular weight is 266 g/mol. The minimum atomic E-state index is -1.63. The third-order valence-electron chi connectivity index (χ3n) is 4.79. The second-order valence-electron chi connectivity index (χ2n) is 6.68. The summed E-state index contributed by atoms with van der Waals surface area (Å²) in [4.78, 5) is 0. The van der Waals surface area contributed by atoms with Gasteiger partial charge in [-0.05, 0) is 23.1 Å². The number of fused-ring (bicyclic) bond motifs is 1. The van der Waals surface area contributed by atoms with E-state index in [-0.39, 0.29) is 0 Å². The Kier molecular flexibility index (Phi) is 2.90. The molecule has 1 aliphatic rings. The molecule has 0 bridgehead atoms. The van der Waals surface area contributed by atoms with Crippen LogP contribution in [0.2, 0.25) is 11.1 Å². The van der Waals surface area contributed by atoms with Gasteiger partial charge in [0.25, 0.3) is 0 Å². The zero-order valence-corrected chi connectivity index (χ0v) is 13.1. The Morgan fingerprint density at radius 3 is 2.16 bits per heavy atom. The molecule has 1 heterocycles. The summed E-state index contributed by atoms with van der Waals surface area (Å²) in [6.45, 7) is 7.32. The van der Waals surface area contributed by atoms with Gasteiger partial charge < -0.3 is 0 Å². The Labute approximate surface area is 117 Å². The summed E-state index contributed by atoms with van der Waals surface area (Å²) in [5, 5.41) is 3.64. The maximum Gasteiger partial charge on any atom is 0.124 e. The predicted octanol–water partition coefficient (Wildman–Crippen LogP) is 3.61. The van der Waals surface area contributed by atoms with E-state index in [1.54, 1.807) is 15.9 Å². The lowest BCUT2D eigenvalue weighted by Gasteiger charge is -2.41. The highest BCUT2D eigenvalue weighted by Crippen LogP contribution is 2.42. The molecule has 0 aromatic heterocycles. The van der Waals surface area contributed by atoms with Crippen LogP contribution in [0.15, 0.2) is 54.6 Å². The van der Waals surface area contributed by atoms with Gasteiger partial charge in [0, 0.05) is 0 Å². The minimum absolute atomic E-state index is 0.362. The van der Waals surface area contributed by atoms with Crippen molar-refractivity contribution in [1.82, 2.24) is 0 Å². The topological polar surface area (TPSA) is 0 Å². The molecule has 2 aromatic carbocycles. The first-order valence-electron chi connectivity index (χ1n) is 7.20. The van der Waals surface area contributed by atoms with Gasteiger partial charge in [0.2, 0.25) is 0 Å². The van der Waals surface area contributed by atoms with Gasteiger partial charge >= 0.3 is 0 Å². The fourth-order valence-corrected chi connectivity index (χ4v) is 9.68. The zero-order valence-electron chi connectivity index (χ0n) is 12.1. The van der Waals surface area contributed by atoms with Gasteiger partial charge in [-0.15, -0.1) is 0 Å². The molecular weight excluding hydrogens is 244 g/mol. The molecule has 0 saturated carbocycles. The summed E-state index contributed by atoms with van der Waals surface area (Å²) in [7, 11) is -1.63. The van der Waals surface area contributed by atoms with E-state index in [4.69, 9.17) is 0 Å². The molecule has 1 heteroatoms. The lowest BCUT2D eigenvalue weighted by Crippen LogP contribution is -2.62. The van der Waals surface area contributed by atoms with Crippen LogP contribution < -0.4 is 10.4 Å². The molecule has 0 spiro atoms. The Bertz CT molecular complexity index is 580. The second-order valence-corrected chi connectivity index (χ2v) is 11.6. The summed E-state index contributed by atoms with van der Waals surface area (Å²) < 4.78 is 0.